The average Bonchev–Trinajstić information content (AvgIpc) is 1.79. The number of nitrogens with one attached hydrogen (secondary N) is 1. The summed E-state index contributed by atoms with van der Waals surface area (Å²) >= 11 is 2.06. The van der Waals surface area contributed by atoms with E-state index in [9.17, 15) is 4.79 Å². The standard InChI is InChI=1S/C6H12INO2S/c1-6(2,3)10-5(9)4-8-11-7/h8H,4H2,1-3H3. The second-order valence-electron chi connectivity index (χ2n) is 2.98. The molecule has 0 spiro atoms. The molecule has 0 aliphatic heterocycles. The van der Waals surface area contributed by atoms with Crippen LogP contribution in [0, 0.1) is 0 Å². The SMILES string of the molecule is CC(C)(C)OC(=O)CNSI. The minimum Gasteiger partial charge on any atom is -0.459 e. The van der Waals surface area contributed by atoms with Gasteiger partial charge in [-0.3, -0.25) is 4.79 Å². The van der Waals surface area contributed by atoms with Gasteiger partial charge in [-0.05, 0) is 29.9 Å². The van der Waals surface area contributed by atoms with Crippen molar-refractivity contribution >= 4 is 36.3 Å². The summed E-state index contributed by atoms with van der Waals surface area (Å²) in [6, 6.07) is 0. The molecule has 0 aliphatic rings. The van der Waals surface area contributed by atoms with Crippen molar-refractivity contribution in [2.45, 2.75) is 26.4 Å². The van der Waals surface area contributed by atoms with Gasteiger partial charge in [-0.15, -0.1) is 0 Å². The number of esters is 1. The van der Waals surface area contributed by atoms with Crippen molar-refractivity contribution in [1.29, 1.82) is 0 Å². The first kappa shape index (κ1) is 11.5. The molecule has 0 aromatic heterocycles. The second kappa shape index (κ2) is 5.21. The van der Waals surface area contributed by atoms with E-state index in [0.717, 1.165) is 0 Å². The van der Waals surface area contributed by atoms with Crippen LogP contribution in [0.1, 0.15) is 20.8 Å². The Balaban J connectivity index is 3.53. The lowest BCUT2D eigenvalue weighted by Gasteiger charge is -2.19. The maximum Gasteiger partial charge on any atom is 0.321 e. The normalized spacial score (nSPS) is 11.3. The highest BCUT2D eigenvalue weighted by molar-refractivity contribution is 14.2. The second-order valence-corrected chi connectivity index (χ2v) is 4.75. The first-order valence-electron chi connectivity index (χ1n) is 3.18. The molecule has 0 saturated carbocycles. The van der Waals surface area contributed by atoms with E-state index >= 15 is 0 Å². The zero-order chi connectivity index (χ0) is 8.91. The van der Waals surface area contributed by atoms with Crippen molar-refractivity contribution in [3.8, 4) is 0 Å². The Kier molecular flexibility index (Phi) is 5.45. The molecule has 0 radical (unpaired) electrons. The Labute approximate surface area is 83.4 Å². The molecule has 0 aliphatic carbocycles. The number of carbonyl (C=O) groups excluding carboxylic acids is 1. The molecule has 1 N–H and O–H groups in total. The summed E-state index contributed by atoms with van der Waals surface area (Å²) in [4.78, 5) is 10.9. The quantitative estimate of drug-likeness (QED) is 0.489. The summed E-state index contributed by atoms with van der Waals surface area (Å²) in [5.74, 6) is -0.221. The van der Waals surface area contributed by atoms with Gasteiger partial charge in [0.05, 0.1) is 0 Å². The van der Waals surface area contributed by atoms with Gasteiger partial charge >= 0.3 is 5.97 Å². The molecule has 0 aromatic rings. The molecular weight excluding hydrogens is 277 g/mol. The summed E-state index contributed by atoms with van der Waals surface area (Å²) < 4.78 is 7.82. The van der Waals surface area contributed by atoms with Gasteiger partial charge in [0, 0.05) is 21.2 Å². The van der Waals surface area contributed by atoms with Gasteiger partial charge in [-0.25, -0.2) is 4.72 Å². The molecule has 0 saturated heterocycles. The van der Waals surface area contributed by atoms with E-state index < -0.39 is 0 Å². The molecule has 0 unspecified atom stereocenters. The average molecular weight is 289 g/mol. The number of rotatable bonds is 3. The van der Waals surface area contributed by atoms with Crippen LogP contribution in [0.2, 0.25) is 0 Å². The van der Waals surface area contributed by atoms with E-state index in [0.29, 0.717) is 0 Å². The summed E-state index contributed by atoms with van der Waals surface area (Å²) in [5.41, 5.74) is -0.380. The summed E-state index contributed by atoms with van der Waals surface area (Å²) in [5, 5.41) is 0. The molecule has 5 heteroatoms. The highest BCUT2D eigenvalue weighted by atomic mass is 127. The van der Waals surface area contributed by atoms with Crippen LogP contribution in [0.4, 0.5) is 0 Å². The molecule has 66 valence electrons. The molecule has 0 bridgehead atoms. The van der Waals surface area contributed by atoms with E-state index in [1.807, 2.05) is 20.8 Å². The smallest absolute Gasteiger partial charge is 0.321 e. The fraction of sp³-hybridized carbons (Fsp3) is 0.833. The molecule has 0 amide bonds. The van der Waals surface area contributed by atoms with Crippen LogP contribution >= 0.6 is 30.3 Å². The molecule has 0 aromatic carbocycles. The van der Waals surface area contributed by atoms with Gasteiger partial charge in [0.2, 0.25) is 0 Å². The molecule has 11 heavy (non-hydrogen) atoms. The Morgan fingerprint density at radius 2 is 2.18 bits per heavy atom. The van der Waals surface area contributed by atoms with Crippen LogP contribution in [0.5, 0.6) is 0 Å². The van der Waals surface area contributed by atoms with E-state index in [1.165, 1.54) is 9.12 Å². The van der Waals surface area contributed by atoms with Crippen molar-refractivity contribution in [3.63, 3.8) is 0 Å². The minimum atomic E-state index is -0.380. The van der Waals surface area contributed by atoms with Crippen molar-refractivity contribution in [3.05, 3.63) is 0 Å². The summed E-state index contributed by atoms with van der Waals surface area (Å²) in [6.07, 6.45) is 0. The van der Waals surface area contributed by atoms with Gasteiger partial charge in [0.1, 0.15) is 12.1 Å². The summed E-state index contributed by atoms with van der Waals surface area (Å²) in [7, 11) is 1.38. The van der Waals surface area contributed by atoms with Crippen LogP contribution in [0.3, 0.4) is 0 Å². The van der Waals surface area contributed by atoms with Crippen LogP contribution in [-0.2, 0) is 9.53 Å². The fourth-order valence-electron chi connectivity index (χ4n) is 0.464. The van der Waals surface area contributed by atoms with Crippen LogP contribution in [-0.4, -0.2) is 18.1 Å². The third kappa shape index (κ3) is 8.42. The van der Waals surface area contributed by atoms with Gasteiger partial charge in [0.25, 0.3) is 0 Å². The predicted molar refractivity (Wildman–Crippen MR) is 55.5 cm³/mol. The van der Waals surface area contributed by atoms with E-state index in [1.54, 1.807) is 0 Å². The lowest BCUT2D eigenvalue weighted by Crippen LogP contribution is -2.28. The van der Waals surface area contributed by atoms with Gasteiger partial charge in [0.15, 0.2) is 0 Å². The monoisotopic (exact) mass is 289 g/mol. The highest BCUT2D eigenvalue weighted by Crippen LogP contribution is 2.08. The van der Waals surface area contributed by atoms with E-state index in [2.05, 4.69) is 25.9 Å². The Morgan fingerprint density at radius 3 is 2.55 bits per heavy atom. The topological polar surface area (TPSA) is 38.3 Å². The van der Waals surface area contributed by atoms with Crippen LogP contribution < -0.4 is 4.72 Å². The molecule has 0 rings (SSSR count). The lowest BCUT2D eigenvalue weighted by molar-refractivity contribution is -0.153. The number of hydrogen-bond donors (Lipinski definition) is 1. The Morgan fingerprint density at radius 1 is 1.64 bits per heavy atom. The largest absolute Gasteiger partial charge is 0.459 e. The van der Waals surface area contributed by atoms with Crippen molar-refractivity contribution < 1.29 is 9.53 Å². The molecule has 3 nitrogen and oxygen atoms in total. The molecule has 0 heterocycles. The zero-order valence-corrected chi connectivity index (χ0v) is 9.78. The maximum atomic E-state index is 10.9. The van der Waals surface area contributed by atoms with Gasteiger partial charge < -0.3 is 4.74 Å². The van der Waals surface area contributed by atoms with Crippen molar-refractivity contribution in [2.75, 3.05) is 6.54 Å². The van der Waals surface area contributed by atoms with Gasteiger partial charge in [-0.2, -0.15) is 0 Å². The zero-order valence-electron chi connectivity index (χ0n) is 6.81. The first-order valence-corrected chi connectivity index (χ1v) is 6.54. The maximum absolute atomic E-state index is 10.9. The van der Waals surface area contributed by atoms with E-state index in [4.69, 9.17) is 4.74 Å². The van der Waals surface area contributed by atoms with Crippen molar-refractivity contribution in [1.82, 2.24) is 4.72 Å². The van der Waals surface area contributed by atoms with Crippen LogP contribution in [0.15, 0.2) is 0 Å². The Bertz CT molecular complexity index is 135. The van der Waals surface area contributed by atoms with Crippen LogP contribution in [0.25, 0.3) is 0 Å². The molecular formula is C6H12INO2S. The number of ether oxygens (including phenoxy) is 1. The third-order valence-corrected chi connectivity index (χ3v) is 1.88. The number of carbonyl (C=O) groups is 1. The van der Waals surface area contributed by atoms with Gasteiger partial charge in [-0.1, -0.05) is 0 Å². The third-order valence-electron chi connectivity index (χ3n) is 0.691. The van der Waals surface area contributed by atoms with Crippen molar-refractivity contribution in [2.24, 2.45) is 0 Å². The van der Waals surface area contributed by atoms with E-state index in [-0.39, 0.29) is 18.1 Å². The predicted octanol–water partition coefficient (Wildman–Crippen LogP) is 1.92. The minimum absolute atomic E-state index is 0.221. The lowest BCUT2D eigenvalue weighted by atomic mass is 10.2. The highest BCUT2D eigenvalue weighted by Gasteiger charge is 2.15. The summed E-state index contributed by atoms with van der Waals surface area (Å²) in [6.45, 7) is 5.80. The molecule has 0 atom stereocenters. The fourth-order valence-corrected chi connectivity index (χ4v) is 1.10. The number of hydrogen-bond acceptors (Lipinski definition) is 4. The Hall–Kier alpha value is 0.510. The first-order chi connectivity index (χ1) is 4.95. The number of halogens is 1. The molecule has 0 fully saturated rings.